The minimum Gasteiger partial charge on any atom is -0.385 e. The number of amides is 1. The van der Waals surface area contributed by atoms with Crippen molar-refractivity contribution < 1.29 is 9.53 Å². The number of methoxy groups -OCH3 is 1. The molecule has 1 fully saturated rings. The molecule has 0 saturated carbocycles. The van der Waals surface area contributed by atoms with Gasteiger partial charge in [0.25, 0.3) is 5.91 Å². The Hall–Kier alpha value is -1.04. The van der Waals surface area contributed by atoms with Crippen LogP contribution in [-0.2, 0) is 4.74 Å². The van der Waals surface area contributed by atoms with E-state index in [0.717, 1.165) is 56.1 Å². The molecule has 2 rings (SSSR count). The number of aryl methyl sites for hydroxylation is 1. The Morgan fingerprint density at radius 3 is 2.80 bits per heavy atom. The van der Waals surface area contributed by atoms with Crippen molar-refractivity contribution in [1.82, 2.24) is 9.80 Å². The lowest BCUT2D eigenvalue weighted by Gasteiger charge is -2.42. The van der Waals surface area contributed by atoms with Gasteiger partial charge >= 0.3 is 0 Å². The minimum absolute atomic E-state index is 0.158. The first-order chi connectivity index (χ1) is 12.0. The fourth-order valence-electron chi connectivity index (χ4n) is 3.46. The van der Waals surface area contributed by atoms with E-state index in [9.17, 15) is 4.79 Å². The third-order valence-electron chi connectivity index (χ3n) is 5.24. The number of carbonyl (C=O) groups is 1. The molecule has 1 aliphatic rings. The van der Waals surface area contributed by atoms with Gasteiger partial charge in [0.05, 0.1) is 0 Å². The summed E-state index contributed by atoms with van der Waals surface area (Å²) in [6, 6.07) is 6.34. The molecule has 5 heteroatoms. The highest BCUT2D eigenvalue weighted by Gasteiger charge is 2.30. The molecule has 4 nitrogen and oxygen atoms in total. The van der Waals surface area contributed by atoms with Crippen molar-refractivity contribution in [2.45, 2.75) is 33.2 Å². The van der Waals surface area contributed by atoms with E-state index in [-0.39, 0.29) is 5.91 Å². The number of ether oxygens (including phenoxy) is 1. The summed E-state index contributed by atoms with van der Waals surface area (Å²) in [5, 5.41) is 0. The molecule has 0 bridgehead atoms. The second kappa shape index (κ2) is 9.60. The molecule has 25 heavy (non-hydrogen) atoms. The zero-order chi connectivity index (χ0) is 18.4. The number of piperazine rings is 1. The lowest BCUT2D eigenvalue weighted by atomic mass is 10.0. The summed E-state index contributed by atoms with van der Waals surface area (Å²) in [7, 11) is 1.74. The number of hydrogen-bond acceptors (Lipinski definition) is 4. The van der Waals surface area contributed by atoms with E-state index in [2.05, 4.69) is 37.4 Å². The second-order valence-corrected chi connectivity index (χ2v) is 7.58. The normalized spacial score (nSPS) is 19.9. The summed E-state index contributed by atoms with van der Waals surface area (Å²) < 4.78 is 5.29. The maximum absolute atomic E-state index is 13.0. The SMILES string of the molecule is COCCC1CN(C(=O)c2cccc(C)c2C)CCN1CC(C)CS. The minimum atomic E-state index is 0.158. The molecule has 2 atom stereocenters. The Balaban J connectivity index is 2.10. The van der Waals surface area contributed by atoms with Crippen molar-refractivity contribution in [3.63, 3.8) is 0 Å². The standard InChI is InChI=1S/C20H32N2O2S/c1-15(14-25)12-21-9-10-22(13-18(21)8-11-24-4)20(23)19-7-5-6-16(2)17(19)3/h5-7,15,18,25H,8-14H2,1-4H3. The van der Waals surface area contributed by atoms with Crippen LogP contribution >= 0.6 is 12.6 Å². The van der Waals surface area contributed by atoms with Gasteiger partial charge in [-0.3, -0.25) is 9.69 Å². The predicted octanol–water partition coefficient (Wildman–Crippen LogP) is 3.03. The lowest BCUT2D eigenvalue weighted by molar-refractivity contribution is 0.0358. The first-order valence-corrected chi connectivity index (χ1v) is 9.80. The van der Waals surface area contributed by atoms with Gasteiger partial charge in [-0.05, 0) is 49.1 Å². The van der Waals surface area contributed by atoms with E-state index >= 15 is 0 Å². The number of hydrogen-bond donors (Lipinski definition) is 1. The van der Waals surface area contributed by atoms with Crippen molar-refractivity contribution in [3.05, 3.63) is 34.9 Å². The first kappa shape index (κ1) is 20.3. The summed E-state index contributed by atoms with van der Waals surface area (Å²) >= 11 is 4.42. The second-order valence-electron chi connectivity index (χ2n) is 7.22. The largest absolute Gasteiger partial charge is 0.385 e. The highest BCUT2D eigenvalue weighted by atomic mass is 32.1. The van der Waals surface area contributed by atoms with Crippen molar-refractivity contribution in [3.8, 4) is 0 Å². The molecule has 1 amide bonds. The summed E-state index contributed by atoms with van der Waals surface area (Å²) in [5.74, 6) is 1.60. The number of benzene rings is 1. The lowest BCUT2D eigenvalue weighted by Crippen LogP contribution is -2.56. The maximum Gasteiger partial charge on any atom is 0.254 e. The van der Waals surface area contributed by atoms with Crippen LogP contribution in [0.15, 0.2) is 18.2 Å². The van der Waals surface area contributed by atoms with Crippen molar-refractivity contribution in [2.24, 2.45) is 5.92 Å². The molecular weight excluding hydrogens is 332 g/mol. The van der Waals surface area contributed by atoms with Gasteiger partial charge < -0.3 is 9.64 Å². The summed E-state index contributed by atoms with van der Waals surface area (Å²) in [6.45, 7) is 10.6. The molecule has 0 aliphatic carbocycles. The number of thiol groups is 1. The molecule has 2 unspecified atom stereocenters. The van der Waals surface area contributed by atoms with Crippen molar-refractivity contribution in [1.29, 1.82) is 0 Å². The molecule has 140 valence electrons. The third kappa shape index (κ3) is 5.22. The van der Waals surface area contributed by atoms with Gasteiger partial charge in [-0.15, -0.1) is 0 Å². The van der Waals surface area contributed by atoms with Gasteiger partial charge in [-0.2, -0.15) is 12.6 Å². The van der Waals surface area contributed by atoms with Crippen LogP contribution in [0.4, 0.5) is 0 Å². The molecule has 1 aromatic carbocycles. The van der Waals surface area contributed by atoms with Gasteiger partial charge in [0.2, 0.25) is 0 Å². The molecule has 0 radical (unpaired) electrons. The van der Waals surface area contributed by atoms with Gasteiger partial charge in [0, 0.05) is 51.5 Å². The highest BCUT2D eigenvalue weighted by molar-refractivity contribution is 7.80. The van der Waals surface area contributed by atoms with E-state index in [1.807, 2.05) is 24.0 Å². The Morgan fingerprint density at radius 1 is 1.36 bits per heavy atom. The molecule has 0 aromatic heterocycles. The first-order valence-electron chi connectivity index (χ1n) is 9.17. The third-order valence-corrected chi connectivity index (χ3v) is 5.86. The van der Waals surface area contributed by atoms with Gasteiger partial charge in [-0.25, -0.2) is 0 Å². The average molecular weight is 365 g/mol. The van der Waals surface area contributed by atoms with Gasteiger partial charge in [0.15, 0.2) is 0 Å². The summed E-state index contributed by atoms with van der Waals surface area (Å²) in [5.41, 5.74) is 3.10. The summed E-state index contributed by atoms with van der Waals surface area (Å²) in [6.07, 6.45) is 0.951. The Morgan fingerprint density at radius 2 is 2.12 bits per heavy atom. The Labute approximate surface area is 157 Å². The summed E-state index contributed by atoms with van der Waals surface area (Å²) in [4.78, 5) is 17.6. The molecule has 1 aromatic rings. The molecule has 0 spiro atoms. The maximum atomic E-state index is 13.0. The molecule has 0 N–H and O–H groups in total. The van der Waals surface area contributed by atoms with Crippen molar-refractivity contribution in [2.75, 3.05) is 45.6 Å². The van der Waals surface area contributed by atoms with Crippen LogP contribution < -0.4 is 0 Å². The van der Waals surface area contributed by atoms with E-state index in [0.29, 0.717) is 12.0 Å². The van der Waals surface area contributed by atoms with Crippen LogP contribution in [0.1, 0.15) is 34.8 Å². The number of carbonyl (C=O) groups excluding carboxylic acids is 1. The Bertz CT molecular complexity index is 579. The number of nitrogens with zero attached hydrogens (tertiary/aromatic N) is 2. The van der Waals surface area contributed by atoms with E-state index in [1.165, 1.54) is 5.56 Å². The quantitative estimate of drug-likeness (QED) is 0.755. The number of rotatable bonds is 7. The van der Waals surface area contributed by atoms with Crippen LogP contribution in [0.5, 0.6) is 0 Å². The molecule has 1 saturated heterocycles. The van der Waals surface area contributed by atoms with Crippen LogP contribution in [0.2, 0.25) is 0 Å². The fourth-order valence-corrected chi connectivity index (χ4v) is 3.57. The van der Waals surface area contributed by atoms with Crippen LogP contribution in [0, 0.1) is 19.8 Å². The van der Waals surface area contributed by atoms with Crippen molar-refractivity contribution >= 4 is 18.5 Å². The van der Waals surface area contributed by atoms with E-state index < -0.39 is 0 Å². The fraction of sp³-hybridized carbons (Fsp3) is 0.650. The van der Waals surface area contributed by atoms with Crippen LogP contribution in [-0.4, -0.2) is 67.4 Å². The monoisotopic (exact) mass is 364 g/mol. The van der Waals surface area contributed by atoms with Gasteiger partial charge in [-0.1, -0.05) is 19.1 Å². The van der Waals surface area contributed by atoms with Crippen LogP contribution in [0.3, 0.4) is 0 Å². The molecular formula is C20H32N2O2S. The zero-order valence-corrected chi connectivity index (χ0v) is 16.9. The average Bonchev–Trinajstić information content (AvgIpc) is 2.62. The Kier molecular flexibility index (Phi) is 7.79. The van der Waals surface area contributed by atoms with Crippen LogP contribution in [0.25, 0.3) is 0 Å². The molecule has 1 aliphatic heterocycles. The van der Waals surface area contributed by atoms with E-state index in [4.69, 9.17) is 4.74 Å². The topological polar surface area (TPSA) is 32.8 Å². The van der Waals surface area contributed by atoms with E-state index in [1.54, 1.807) is 7.11 Å². The van der Waals surface area contributed by atoms with Gasteiger partial charge in [0.1, 0.15) is 0 Å². The zero-order valence-electron chi connectivity index (χ0n) is 16.0. The predicted molar refractivity (Wildman–Crippen MR) is 107 cm³/mol. The highest BCUT2D eigenvalue weighted by Crippen LogP contribution is 2.20. The molecule has 1 heterocycles. The smallest absolute Gasteiger partial charge is 0.254 e.